The predicted octanol–water partition coefficient (Wildman–Crippen LogP) is -1.61. The summed E-state index contributed by atoms with van der Waals surface area (Å²) >= 11 is 0. The van der Waals surface area contributed by atoms with Crippen LogP contribution in [0.1, 0.15) is 0 Å². The van der Waals surface area contributed by atoms with Crippen molar-refractivity contribution in [1.29, 1.82) is 0 Å². The summed E-state index contributed by atoms with van der Waals surface area (Å²) in [7, 11) is 0. The molecule has 0 fully saturated rings. The third-order valence-corrected chi connectivity index (χ3v) is 1.43. The van der Waals surface area contributed by atoms with Crippen molar-refractivity contribution in [3.05, 3.63) is 0 Å². The number of hydrogen-bond donors (Lipinski definition) is 1. The number of carbonyl (C=O) groups is 1. The number of rotatable bonds is 11. The quantitative estimate of drug-likeness (QED) is 0.341. The molecule has 1 N–H and O–H groups in total. The Kier molecular flexibility index (Phi) is 11.5. The molecular formula is C9H17O7-. The first-order valence-electron chi connectivity index (χ1n) is 4.95. The van der Waals surface area contributed by atoms with Gasteiger partial charge in [-0.2, -0.15) is 0 Å². The minimum atomic E-state index is -1.55. The van der Waals surface area contributed by atoms with Crippen LogP contribution in [0, 0.1) is 0 Å². The first-order valence-corrected chi connectivity index (χ1v) is 4.95. The van der Waals surface area contributed by atoms with E-state index in [2.05, 4.69) is 4.74 Å². The summed E-state index contributed by atoms with van der Waals surface area (Å²) in [5.41, 5.74) is 0. The maximum Gasteiger partial charge on any atom is 0.252 e. The van der Waals surface area contributed by atoms with Gasteiger partial charge in [0.05, 0.1) is 52.9 Å². The van der Waals surface area contributed by atoms with Crippen molar-refractivity contribution in [2.24, 2.45) is 0 Å². The molecule has 0 aliphatic carbocycles. The second-order valence-corrected chi connectivity index (χ2v) is 2.66. The number of hydrogen-bond acceptors (Lipinski definition) is 7. The average molecular weight is 237 g/mol. The Labute approximate surface area is 93.9 Å². The number of carboxylic acid groups (broad SMARTS) is 1. The second-order valence-electron chi connectivity index (χ2n) is 2.66. The van der Waals surface area contributed by atoms with Crippen LogP contribution in [-0.4, -0.2) is 64.1 Å². The molecule has 7 nitrogen and oxygen atoms in total. The summed E-state index contributed by atoms with van der Waals surface area (Å²) in [6.45, 7) is 2.06. The Bertz CT molecular complexity index is 162. The van der Waals surface area contributed by atoms with Crippen molar-refractivity contribution in [1.82, 2.24) is 0 Å². The van der Waals surface area contributed by atoms with E-state index in [9.17, 15) is 9.90 Å². The van der Waals surface area contributed by atoms with Crippen LogP contribution in [0.25, 0.3) is 0 Å². The Morgan fingerprint density at radius 1 is 0.875 bits per heavy atom. The van der Waals surface area contributed by atoms with Crippen molar-refractivity contribution in [2.75, 3.05) is 52.9 Å². The summed E-state index contributed by atoms with van der Waals surface area (Å²) < 4.78 is 19.2. The van der Waals surface area contributed by atoms with Gasteiger partial charge in [0.25, 0.3) is 6.16 Å². The summed E-state index contributed by atoms with van der Waals surface area (Å²) in [6.07, 6.45) is -1.55. The Morgan fingerprint density at radius 2 is 1.31 bits per heavy atom. The average Bonchev–Trinajstić information content (AvgIpc) is 2.25. The lowest BCUT2D eigenvalue weighted by Gasteiger charge is -2.09. The first-order chi connectivity index (χ1) is 7.77. The molecule has 0 saturated carbocycles. The molecule has 0 spiro atoms. The van der Waals surface area contributed by atoms with Gasteiger partial charge >= 0.3 is 0 Å². The minimum Gasteiger partial charge on any atom is -0.547 e. The number of ether oxygens (including phenoxy) is 4. The van der Waals surface area contributed by atoms with Crippen LogP contribution >= 0.6 is 0 Å². The van der Waals surface area contributed by atoms with Gasteiger partial charge in [0.2, 0.25) is 0 Å². The topological polar surface area (TPSA) is 97.3 Å². The van der Waals surface area contributed by atoms with Crippen molar-refractivity contribution < 1.29 is 34.0 Å². The third kappa shape index (κ3) is 13.1. The molecule has 0 aliphatic rings. The van der Waals surface area contributed by atoms with Crippen LogP contribution in [0.3, 0.4) is 0 Å². The van der Waals surface area contributed by atoms with Gasteiger partial charge in [0, 0.05) is 0 Å². The normalized spacial score (nSPS) is 10.3. The fraction of sp³-hybridized carbons (Fsp3) is 0.889. The zero-order valence-corrected chi connectivity index (χ0v) is 9.05. The van der Waals surface area contributed by atoms with Gasteiger partial charge in [-0.3, -0.25) is 0 Å². The van der Waals surface area contributed by atoms with E-state index in [0.717, 1.165) is 0 Å². The lowest BCUT2D eigenvalue weighted by Crippen LogP contribution is -2.25. The Hall–Kier alpha value is -0.890. The molecule has 0 saturated heterocycles. The summed E-state index contributed by atoms with van der Waals surface area (Å²) in [5.74, 6) is 0. The second kappa shape index (κ2) is 12.2. The van der Waals surface area contributed by atoms with E-state index in [1.165, 1.54) is 0 Å². The van der Waals surface area contributed by atoms with Crippen LogP contribution in [0.2, 0.25) is 0 Å². The van der Waals surface area contributed by atoms with Crippen LogP contribution in [-0.2, 0) is 18.9 Å². The maximum atomic E-state index is 9.81. The lowest BCUT2D eigenvalue weighted by atomic mass is 10.7. The molecule has 7 heteroatoms. The zero-order chi connectivity index (χ0) is 12.1. The molecule has 0 aromatic heterocycles. The number of carbonyl (C=O) groups excluding carboxylic acids is 1. The number of aliphatic hydroxyl groups is 1. The van der Waals surface area contributed by atoms with Gasteiger partial charge in [-0.15, -0.1) is 0 Å². The summed E-state index contributed by atoms with van der Waals surface area (Å²) in [5, 5.41) is 18.2. The van der Waals surface area contributed by atoms with Gasteiger partial charge in [-0.05, 0) is 0 Å². The van der Waals surface area contributed by atoms with Crippen LogP contribution < -0.4 is 5.11 Å². The van der Waals surface area contributed by atoms with E-state index in [1.54, 1.807) is 0 Å². The highest BCUT2D eigenvalue weighted by molar-refractivity contribution is 5.53. The van der Waals surface area contributed by atoms with E-state index in [0.29, 0.717) is 33.0 Å². The van der Waals surface area contributed by atoms with Gasteiger partial charge in [-0.25, -0.2) is 0 Å². The molecule has 0 aromatic carbocycles. The zero-order valence-electron chi connectivity index (χ0n) is 9.05. The fourth-order valence-corrected chi connectivity index (χ4v) is 0.790. The monoisotopic (exact) mass is 237 g/mol. The molecule has 0 rings (SSSR count). The fourth-order valence-electron chi connectivity index (χ4n) is 0.790. The highest BCUT2D eigenvalue weighted by Crippen LogP contribution is 1.82. The van der Waals surface area contributed by atoms with Crippen LogP contribution in [0.5, 0.6) is 0 Å². The van der Waals surface area contributed by atoms with E-state index in [4.69, 9.17) is 19.3 Å². The third-order valence-electron chi connectivity index (χ3n) is 1.43. The molecule has 0 unspecified atom stereocenters. The minimum absolute atomic E-state index is 0.00153. The van der Waals surface area contributed by atoms with E-state index >= 15 is 0 Å². The lowest BCUT2D eigenvalue weighted by molar-refractivity contribution is -0.283. The van der Waals surface area contributed by atoms with Crippen LogP contribution in [0.4, 0.5) is 4.79 Å². The van der Waals surface area contributed by atoms with Crippen molar-refractivity contribution in [2.45, 2.75) is 0 Å². The summed E-state index contributed by atoms with van der Waals surface area (Å²) in [6, 6.07) is 0. The highest BCUT2D eigenvalue weighted by Gasteiger charge is 1.91. The maximum absolute atomic E-state index is 9.81. The molecule has 0 atom stereocenters. The highest BCUT2D eigenvalue weighted by atomic mass is 16.7. The van der Waals surface area contributed by atoms with Crippen molar-refractivity contribution >= 4 is 6.16 Å². The van der Waals surface area contributed by atoms with E-state index < -0.39 is 6.16 Å². The van der Waals surface area contributed by atoms with E-state index in [1.807, 2.05) is 0 Å². The Balaban J connectivity index is 2.90. The van der Waals surface area contributed by atoms with E-state index in [-0.39, 0.29) is 19.8 Å². The SMILES string of the molecule is O=C([O-])OCCOCCOCCOCCO. The largest absolute Gasteiger partial charge is 0.547 e. The standard InChI is InChI=1S/C9H18O7/c10-1-2-13-3-4-14-5-6-15-7-8-16-9(11)12/h10H,1-8H2,(H,11,12)/p-1. The van der Waals surface area contributed by atoms with Crippen molar-refractivity contribution in [3.63, 3.8) is 0 Å². The smallest absolute Gasteiger partial charge is 0.252 e. The number of aliphatic hydroxyl groups excluding tert-OH is 1. The molecule has 0 amide bonds. The molecule has 0 bridgehead atoms. The Morgan fingerprint density at radius 3 is 1.75 bits per heavy atom. The predicted molar refractivity (Wildman–Crippen MR) is 50.9 cm³/mol. The molecular weight excluding hydrogens is 220 g/mol. The molecule has 0 heterocycles. The van der Waals surface area contributed by atoms with Gasteiger partial charge < -0.3 is 34.0 Å². The van der Waals surface area contributed by atoms with Crippen LogP contribution in [0.15, 0.2) is 0 Å². The molecule has 16 heavy (non-hydrogen) atoms. The molecule has 0 aliphatic heterocycles. The van der Waals surface area contributed by atoms with Crippen molar-refractivity contribution in [3.8, 4) is 0 Å². The first kappa shape index (κ1) is 15.1. The summed E-state index contributed by atoms with van der Waals surface area (Å²) in [4.78, 5) is 9.81. The van der Waals surface area contributed by atoms with Gasteiger partial charge in [0.15, 0.2) is 0 Å². The molecule has 0 radical (unpaired) electrons. The van der Waals surface area contributed by atoms with Gasteiger partial charge in [0.1, 0.15) is 0 Å². The molecule has 96 valence electrons. The molecule has 0 aromatic rings. The van der Waals surface area contributed by atoms with Gasteiger partial charge in [-0.1, -0.05) is 0 Å².